The Morgan fingerprint density at radius 2 is 2.38 bits per heavy atom. The first-order chi connectivity index (χ1) is 6.24. The van der Waals surface area contributed by atoms with Crippen molar-refractivity contribution in [2.75, 3.05) is 5.88 Å². The Bertz CT molecular complexity index is 316. The number of Topliss-reactive ketones (excluding diaryl/α,β-unsaturated/α-hetero) is 1. The largest absolute Gasteiger partial charge is 0.293 e. The third-order valence-corrected chi connectivity index (χ3v) is 1.72. The van der Waals surface area contributed by atoms with Gasteiger partial charge in [0.1, 0.15) is 5.69 Å². The molecule has 0 aliphatic heterocycles. The molecule has 0 unspecified atom stereocenters. The molecular formula is C10H10ClNO. The van der Waals surface area contributed by atoms with Gasteiger partial charge in [-0.2, -0.15) is 0 Å². The van der Waals surface area contributed by atoms with Crippen LogP contribution in [-0.2, 0) is 0 Å². The summed E-state index contributed by atoms with van der Waals surface area (Å²) in [7, 11) is 0. The molecule has 0 aromatic carbocycles. The number of carbonyl (C=O) groups excluding carboxylic acids is 1. The molecule has 0 aliphatic rings. The molecule has 1 aromatic heterocycles. The predicted molar refractivity (Wildman–Crippen MR) is 54.0 cm³/mol. The first-order valence-corrected chi connectivity index (χ1v) is 4.47. The molecule has 3 heteroatoms. The highest BCUT2D eigenvalue weighted by molar-refractivity contribution is 6.19. The second kappa shape index (κ2) is 4.77. The van der Waals surface area contributed by atoms with Crippen molar-refractivity contribution in [1.82, 2.24) is 4.98 Å². The summed E-state index contributed by atoms with van der Waals surface area (Å²) in [6.45, 7) is 1.50. The van der Waals surface area contributed by atoms with Crippen LogP contribution < -0.4 is 0 Å². The van der Waals surface area contributed by atoms with E-state index in [1.807, 2.05) is 18.2 Å². The summed E-state index contributed by atoms with van der Waals surface area (Å²) in [5.41, 5.74) is 1.44. The summed E-state index contributed by atoms with van der Waals surface area (Å²) >= 11 is 5.47. The Kier molecular flexibility index (Phi) is 3.65. The SMILES string of the molecule is CC(=O)c1ccc(C=CCCl)cn1. The van der Waals surface area contributed by atoms with Crippen LogP contribution >= 0.6 is 11.6 Å². The van der Waals surface area contributed by atoms with Crippen molar-refractivity contribution in [2.24, 2.45) is 0 Å². The molecule has 0 amide bonds. The molecule has 0 spiro atoms. The molecule has 0 fully saturated rings. The van der Waals surface area contributed by atoms with Crippen molar-refractivity contribution in [3.8, 4) is 0 Å². The zero-order valence-corrected chi connectivity index (χ0v) is 8.08. The summed E-state index contributed by atoms with van der Waals surface area (Å²) in [6.07, 6.45) is 5.34. The van der Waals surface area contributed by atoms with Crippen LogP contribution in [0.4, 0.5) is 0 Å². The molecular weight excluding hydrogens is 186 g/mol. The van der Waals surface area contributed by atoms with E-state index in [0.29, 0.717) is 11.6 Å². The number of rotatable bonds is 3. The van der Waals surface area contributed by atoms with Crippen LogP contribution in [0.5, 0.6) is 0 Å². The fourth-order valence-corrected chi connectivity index (χ4v) is 0.982. The number of aromatic nitrogens is 1. The van der Waals surface area contributed by atoms with E-state index in [4.69, 9.17) is 11.6 Å². The van der Waals surface area contributed by atoms with Gasteiger partial charge in [-0.3, -0.25) is 9.78 Å². The van der Waals surface area contributed by atoms with Crippen molar-refractivity contribution in [1.29, 1.82) is 0 Å². The van der Waals surface area contributed by atoms with E-state index in [1.54, 1.807) is 12.3 Å². The first-order valence-electron chi connectivity index (χ1n) is 3.93. The fraction of sp³-hybridized carbons (Fsp3) is 0.200. The third kappa shape index (κ3) is 2.99. The number of alkyl halides is 1. The Balaban J connectivity index is 2.81. The molecule has 0 aliphatic carbocycles. The third-order valence-electron chi connectivity index (χ3n) is 1.55. The predicted octanol–water partition coefficient (Wildman–Crippen LogP) is 2.54. The molecule has 1 heterocycles. The lowest BCUT2D eigenvalue weighted by Gasteiger charge is -1.94. The van der Waals surface area contributed by atoms with Gasteiger partial charge in [0.05, 0.1) is 0 Å². The molecule has 1 aromatic rings. The van der Waals surface area contributed by atoms with Crippen LogP contribution in [0.3, 0.4) is 0 Å². The van der Waals surface area contributed by atoms with Gasteiger partial charge >= 0.3 is 0 Å². The lowest BCUT2D eigenvalue weighted by atomic mass is 10.2. The topological polar surface area (TPSA) is 30.0 Å². The van der Waals surface area contributed by atoms with Crippen molar-refractivity contribution < 1.29 is 4.79 Å². The fourth-order valence-electron chi connectivity index (χ4n) is 0.893. The quantitative estimate of drug-likeness (QED) is 0.548. The molecule has 68 valence electrons. The highest BCUT2D eigenvalue weighted by Crippen LogP contribution is 2.03. The minimum absolute atomic E-state index is 0.0205. The molecule has 2 nitrogen and oxygen atoms in total. The summed E-state index contributed by atoms with van der Waals surface area (Å²) in [4.78, 5) is 14.9. The summed E-state index contributed by atoms with van der Waals surface area (Å²) < 4.78 is 0. The minimum atomic E-state index is -0.0205. The zero-order chi connectivity index (χ0) is 9.68. The number of pyridine rings is 1. The number of carbonyl (C=O) groups is 1. The van der Waals surface area contributed by atoms with E-state index in [2.05, 4.69) is 4.98 Å². The molecule has 0 radical (unpaired) electrons. The Morgan fingerprint density at radius 1 is 1.62 bits per heavy atom. The number of nitrogens with zero attached hydrogens (tertiary/aromatic N) is 1. The van der Waals surface area contributed by atoms with E-state index < -0.39 is 0 Å². The monoisotopic (exact) mass is 195 g/mol. The second-order valence-corrected chi connectivity index (χ2v) is 2.90. The first kappa shape index (κ1) is 9.93. The zero-order valence-electron chi connectivity index (χ0n) is 7.33. The average molecular weight is 196 g/mol. The number of hydrogen-bond acceptors (Lipinski definition) is 2. The van der Waals surface area contributed by atoms with Crippen molar-refractivity contribution in [3.05, 3.63) is 35.7 Å². The average Bonchev–Trinajstić information content (AvgIpc) is 2.15. The van der Waals surface area contributed by atoms with Gasteiger partial charge < -0.3 is 0 Å². The molecule has 1 rings (SSSR count). The Labute approximate surface area is 82.3 Å². The van der Waals surface area contributed by atoms with Crippen LogP contribution in [0.25, 0.3) is 6.08 Å². The van der Waals surface area contributed by atoms with Crippen LogP contribution in [0, 0.1) is 0 Å². The number of allylic oxidation sites excluding steroid dienone is 1. The van der Waals surface area contributed by atoms with Gasteiger partial charge in [0, 0.05) is 19.0 Å². The maximum atomic E-state index is 10.9. The highest BCUT2D eigenvalue weighted by atomic mass is 35.5. The minimum Gasteiger partial charge on any atom is -0.293 e. The van der Waals surface area contributed by atoms with Crippen LogP contribution in [0.2, 0.25) is 0 Å². The molecule has 13 heavy (non-hydrogen) atoms. The maximum absolute atomic E-state index is 10.9. The van der Waals surface area contributed by atoms with Gasteiger partial charge in [0.2, 0.25) is 0 Å². The van der Waals surface area contributed by atoms with Crippen molar-refractivity contribution in [3.63, 3.8) is 0 Å². The number of halogens is 1. The van der Waals surface area contributed by atoms with E-state index >= 15 is 0 Å². The smallest absolute Gasteiger partial charge is 0.178 e. The summed E-state index contributed by atoms with van der Waals surface area (Å²) in [5.74, 6) is 0.460. The lowest BCUT2D eigenvalue weighted by Crippen LogP contribution is -1.95. The summed E-state index contributed by atoms with van der Waals surface area (Å²) in [6, 6.07) is 3.54. The second-order valence-electron chi connectivity index (χ2n) is 2.59. The van der Waals surface area contributed by atoms with Gasteiger partial charge in [-0.15, -0.1) is 11.6 Å². The molecule has 0 bridgehead atoms. The molecule has 0 saturated heterocycles. The van der Waals surface area contributed by atoms with Gasteiger partial charge in [-0.1, -0.05) is 18.2 Å². The van der Waals surface area contributed by atoms with E-state index in [0.717, 1.165) is 5.56 Å². The molecule has 0 N–H and O–H groups in total. The van der Waals surface area contributed by atoms with Crippen LogP contribution in [0.1, 0.15) is 23.0 Å². The van der Waals surface area contributed by atoms with Crippen molar-refractivity contribution >= 4 is 23.5 Å². The molecule has 0 saturated carbocycles. The number of ketones is 1. The van der Waals surface area contributed by atoms with Crippen LogP contribution in [-0.4, -0.2) is 16.6 Å². The lowest BCUT2D eigenvalue weighted by molar-refractivity contribution is 0.101. The normalized spacial score (nSPS) is 10.6. The van der Waals surface area contributed by atoms with Gasteiger partial charge in [-0.05, 0) is 11.6 Å². The Hall–Kier alpha value is -1.15. The van der Waals surface area contributed by atoms with Gasteiger partial charge in [0.15, 0.2) is 5.78 Å². The van der Waals surface area contributed by atoms with Crippen molar-refractivity contribution in [2.45, 2.75) is 6.92 Å². The molecule has 0 atom stereocenters. The highest BCUT2D eigenvalue weighted by Gasteiger charge is 1.98. The van der Waals surface area contributed by atoms with E-state index in [-0.39, 0.29) is 5.78 Å². The summed E-state index contributed by atoms with van der Waals surface area (Å²) in [5, 5.41) is 0. The number of hydrogen-bond donors (Lipinski definition) is 0. The Morgan fingerprint density at radius 3 is 2.85 bits per heavy atom. The van der Waals surface area contributed by atoms with Gasteiger partial charge in [0.25, 0.3) is 0 Å². The maximum Gasteiger partial charge on any atom is 0.178 e. The van der Waals surface area contributed by atoms with E-state index in [9.17, 15) is 4.79 Å². The van der Waals surface area contributed by atoms with Crippen LogP contribution in [0.15, 0.2) is 24.4 Å². The van der Waals surface area contributed by atoms with Gasteiger partial charge in [-0.25, -0.2) is 0 Å². The standard InChI is InChI=1S/C10H10ClNO/c1-8(13)10-5-4-9(7-12-10)3-2-6-11/h2-5,7H,6H2,1H3. The van der Waals surface area contributed by atoms with E-state index in [1.165, 1.54) is 6.92 Å².